The highest BCUT2D eigenvalue weighted by Crippen LogP contribution is 2.34. The molecular formula is C16H19NO4S. The van der Waals surface area contributed by atoms with Crippen molar-refractivity contribution in [1.82, 2.24) is 4.98 Å². The SMILES string of the molecule is CCCCOc1ccc(-c2nc(C(=O)O)cs2)cc1OCC. The normalized spacial score (nSPS) is 10.5. The third-order valence-corrected chi connectivity index (χ3v) is 3.86. The molecule has 0 aliphatic rings. The lowest BCUT2D eigenvalue weighted by Crippen LogP contribution is -2.01. The van der Waals surface area contributed by atoms with Gasteiger partial charge in [-0.15, -0.1) is 11.3 Å². The molecule has 2 aromatic rings. The number of thiazole rings is 1. The Hall–Kier alpha value is -2.08. The summed E-state index contributed by atoms with van der Waals surface area (Å²) in [6.07, 6.45) is 2.06. The number of carboxylic acids is 1. The van der Waals surface area contributed by atoms with Crippen molar-refractivity contribution >= 4 is 17.3 Å². The molecule has 1 aromatic heterocycles. The van der Waals surface area contributed by atoms with E-state index in [1.54, 1.807) is 0 Å². The summed E-state index contributed by atoms with van der Waals surface area (Å²) in [7, 11) is 0. The molecule has 1 heterocycles. The summed E-state index contributed by atoms with van der Waals surface area (Å²) in [5, 5.41) is 11.1. The maximum absolute atomic E-state index is 10.9. The fourth-order valence-corrected chi connectivity index (χ4v) is 2.65. The summed E-state index contributed by atoms with van der Waals surface area (Å²) < 4.78 is 11.3. The Morgan fingerprint density at radius 1 is 1.27 bits per heavy atom. The van der Waals surface area contributed by atoms with Crippen LogP contribution in [-0.4, -0.2) is 29.3 Å². The van der Waals surface area contributed by atoms with Gasteiger partial charge in [0.15, 0.2) is 17.2 Å². The lowest BCUT2D eigenvalue weighted by atomic mass is 10.2. The van der Waals surface area contributed by atoms with Crippen LogP contribution >= 0.6 is 11.3 Å². The summed E-state index contributed by atoms with van der Waals surface area (Å²) in [5.41, 5.74) is 0.880. The van der Waals surface area contributed by atoms with Crippen molar-refractivity contribution in [1.29, 1.82) is 0 Å². The van der Waals surface area contributed by atoms with Gasteiger partial charge < -0.3 is 14.6 Å². The van der Waals surface area contributed by atoms with Gasteiger partial charge in [-0.05, 0) is 31.5 Å². The van der Waals surface area contributed by atoms with Crippen LogP contribution in [0.5, 0.6) is 11.5 Å². The van der Waals surface area contributed by atoms with E-state index in [0.29, 0.717) is 29.7 Å². The van der Waals surface area contributed by atoms with Crippen molar-refractivity contribution < 1.29 is 19.4 Å². The minimum atomic E-state index is -1.02. The minimum Gasteiger partial charge on any atom is -0.490 e. The third kappa shape index (κ3) is 3.98. The zero-order valence-corrected chi connectivity index (χ0v) is 13.5. The quantitative estimate of drug-likeness (QED) is 0.742. The largest absolute Gasteiger partial charge is 0.490 e. The van der Waals surface area contributed by atoms with Crippen molar-refractivity contribution in [2.75, 3.05) is 13.2 Å². The zero-order chi connectivity index (χ0) is 15.9. The van der Waals surface area contributed by atoms with Crippen molar-refractivity contribution in [2.45, 2.75) is 26.7 Å². The van der Waals surface area contributed by atoms with Crippen LogP contribution in [0.2, 0.25) is 0 Å². The molecule has 118 valence electrons. The molecule has 2 rings (SSSR count). The summed E-state index contributed by atoms with van der Waals surface area (Å²) in [4.78, 5) is 15.0. The van der Waals surface area contributed by atoms with Crippen LogP contribution in [0.3, 0.4) is 0 Å². The Morgan fingerprint density at radius 3 is 2.73 bits per heavy atom. The maximum Gasteiger partial charge on any atom is 0.355 e. The van der Waals surface area contributed by atoms with Gasteiger partial charge >= 0.3 is 5.97 Å². The molecule has 22 heavy (non-hydrogen) atoms. The standard InChI is InChI=1S/C16H19NO4S/c1-3-5-8-21-13-7-6-11(9-14(13)20-4-2)15-17-12(10-22-15)16(18)19/h6-7,9-10H,3-5,8H2,1-2H3,(H,18,19). The van der Waals surface area contributed by atoms with Gasteiger partial charge in [0.25, 0.3) is 0 Å². The predicted octanol–water partition coefficient (Wildman–Crippen LogP) is 4.09. The first-order valence-electron chi connectivity index (χ1n) is 7.24. The molecular weight excluding hydrogens is 302 g/mol. The molecule has 1 aromatic carbocycles. The van der Waals surface area contributed by atoms with E-state index in [2.05, 4.69) is 11.9 Å². The molecule has 0 spiro atoms. The van der Waals surface area contributed by atoms with Crippen molar-refractivity contribution in [3.05, 3.63) is 29.3 Å². The summed E-state index contributed by atoms with van der Waals surface area (Å²) >= 11 is 1.30. The van der Waals surface area contributed by atoms with Crippen LogP contribution in [0.15, 0.2) is 23.6 Å². The van der Waals surface area contributed by atoms with Crippen LogP contribution in [-0.2, 0) is 0 Å². The van der Waals surface area contributed by atoms with E-state index in [1.807, 2.05) is 25.1 Å². The molecule has 0 fully saturated rings. The lowest BCUT2D eigenvalue weighted by molar-refractivity contribution is 0.0691. The average Bonchev–Trinajstić information content (AvgIpc) is 2.99. The number of benzene rings is 1. The van der Waals surface area contributed by atoms with Gasteiger partial charge in [0.05, 0.1) is 13.2 Å². The summed E-state index contributed by atoms with van der Waals surface area (Å²) in [6, 6.07) is 5.56. The van der Waals surface area contributed by atoms with E-state index in [9.17, 15) is 4.79 Å². The molecule has 0 bridgehead atoms. The first-order chi connectivity index (χ1) is 10.7. The fraction of sp³-hybridized carbons (Fsp3) is 0.375. The molecule has 1 N–H and O–H groups in total. The monoisotopic (exact) mass is 321 g/mol. The van der Waals surface area contributed by atoms with Crippen molar-refractivity contribution in [3.63, 3.8) is 0 Å². The molecule has 0 atom stereocenters. The lowest BCUT2D eigenvalue weighted by Gasteiger charge is -2.12. The van der Waals surface area contributed by atoms with Gasteiger partial charge in [-0.3, -0.25) is 0 Å². The van der Waals surface area contributed by atoms with Gasteiger partial charge in [-0.25, -0.2) is 9.78 Å². The van der Waals surface area contributed by atoms with Gasteiger partial charge in [0.2, 0.25) is 0 Å². The third-order valence-electron chi connectivity index (χ3n) is 2.97. The maximum atomic E-state index is 10.9. The molecule has 0 unspecified atom stereocenters. The number of rotatable bonds is 8. The van der Waals surface area contributed by atoms with E-state index < -0.39 is 5.97 Å². The van der Waals surface area contributed by atoms with E-state index in [1.165, 1.54) is 16.7 Å². The van der Waals surface area contributed by atoms with Gasteiger partial charge in [0.1, 0.15) is 5.01 Å². The van der Waals surface area contributed by atoms with Crippen molar-refractivity contribution in [2.24, 2.45) is 0 Å². The smallest absolute Gasteiger partial charge is 0.355 e. The number of ether oxygens (including phenoxy) is 2. The van der Waals surface area contributed by atoms with Gasteiger partial charge in [-0.2, -0.15) is 0 Å². The van der Waals surface area contributed by atoms with Crippen LogP contribution in [0.4, 0.5) is 0 Å². The fourth-order valence-electron chi connectivity index (χ4n) is 1.86. The van der Waals surface area contributed by atoms with E-state index in [4.69, 9.17) is 14.6 Å². The van der Waals surface area contributed by atoms with Crippen LogP contribution in [0.25, 0.3) is 10.6 Å². The van der Waals surface area contributed by atoms with Crippen LogP contribution in [0.1, 0.15) is 37.2 Å². The van der Waals surface area contributed by atoms with Crippen molar-refractivity contribution in [3.8, 4) is 22.1 Å². The average molecular weight is 321 g/mol. The van der Waals surface area contributed by atoms with Crippen LogP contribution < -0.4 is 9.47 Å². The molecule has 6 heteroatoms. The molecule has 0 aliphatic carbocycles. The second-order valence-corrected chi connectivity index (χ2v) is 5.50. The summed E-state index contributed by atoms with van der Waals surface area (Å²) in [6.45, 7) is 5.20. The number of carboxylic acid groups (broad SMARTS) is 1. The number of hydrogen-bond acceptors (Lipinski definition) is 5. The number of aromatic nitrogens is 1. The predicted molar refractivity (Wildman–Crippen MR) is 86.1 cm³/mol. The molecule has 0 aliphatic heterocycles. The second-order valence-electron chi connectivity index (χ2n) is 4.64. The first kappa shape index (κ1) is 16.3. The summed E-state index contributed by atoms with van der Waals surface area (Å²) in [5.74, 6) is 0.337. The van der Waals surface area contributed by atoms with Gasteiger partial charge in [-0.1, -0.05) is 13.3 Å². The Balaban J connectivity index is 2.25. The second kappa shape index (κ2) is 7.79. The molecule has 0 radical (unpaired) electrons. The number of nitrogens with zero attached hydrogens (tertiary/aromatic N) is 1. The zero-order valence-electron chi connectivity index (χ0n) is 12.7. The highest BCUT2D eigenvalue weighted by atomic mass is 32.1. The molecule has 0 saturated carbocycles. The molecule has 5 nitrogen and oxygen atoms in total. The molecule has 0 amide bonds. The number of unbranched alkanes of at least 4 members (excludes halogenated alkanes) is 1. The number of hydrogen-bond donors (Lipinski definition) is 1. The van der Waals surface area contributed by atoms with E-state index in [0.717, 1.165) is 18.4 Å². The Labute approximate surface area is 133 Å². The van der Waals surface area contributed by atoms with E-state index >= 15 is 0 Å². The Kier molecular flexibility index (Phi) is 5.77. The van der Waals surface area contributed by atoms with E-state index in [-0.39, 0.29) is 5.69 Å². The first-order valence-corrected chi connectivity index (χ1v) is 8.12. The number of carbonyl (C=O) groups is 1. The topological polar surface area (TPSA) is 68.7 Å². The number of aromatic carboxylic acids is 1. The van der Waals surface area contributed by atoms with Gasteiger partial charge in [0, 0.05) is 10.9 Å². The highest BCUT2D eigenvalue weighted by molar-refractivity contribution is 7.13. The highest BCUT2D eigenvalue weighted by Gasteiger charge is 2.13. The van der Waals surface area contributed by atoms with Crippen LogP contribution in [0, 0.1) is 0 Å². The molecule has 0 saturated heterocycles. The minimum absolute atomic E-state index is 0.0567. The Morgan fingerprint density at radius 2 is 2.09 bits per heavy atom. The Bertz CT molecular complexity index is 639.